The summed E-state index contributed by atoms with van der Waals surface area (Å²) in [5.41, 5.74) is 5.41. The molecule has 0 bridgehead atoms. The predicted molar refractivity (Wildman–Crippen MR) is 118 cm³/mol. The van der Waals surface area contributed by atoms with Crippen molar-refractivity contribution in [1.29, 1.82) is 0 Å². The Labute approximate surface area is 177 Å². The summed E-state index contributed by atoms with van der Waals surface area (Å²) in [6, 6.07) is 23.0. The second-order valence-corrected chi connectivity index (χ2v) is 7.34. The average Bonchev–Trinajstić information content (AvgIpc) is 2.77. The molecule has 0 aromatic heterocycles. The molecule has 3 aromatic rings. The van der Waals surface area contributed by atoms with Gasteiger partial charge in [0.2, 0.25) is 0 Å². The Balaban J connectivity index is 1.70. The summed E-state index contributed by atoms with van der Waals surface area (Å²) in [5, 5.41) is 2.96. The number of amides is 1. The molecule has 30 heavy (non-hydrogen) atoms. The van der Waals surface area contributed by atoms with Crippen molar-refractivity contribution in [3.8, 4) is 11.1 Å². The van der Waals surface area contributed by atoms with Gasteiger partial charge in [0.15, 0.2) is 0 Å². The number of nitrogens with one attached hydrogen (secondary N) is 1. The number of carbonyl (C=O) groups is 2. The molecule has 0 unspecified atom stereocenters. The Morgan fingerprint density at radius 2 is 1.50 bits per heavy atom. The van der Waals surface area contributed by atoms with E-state index in [0.29, 0.717) is 17.7 Å². The van der Waals surface area contributed by atoms with Gasteiger partial charge in [0.1, 0.15) is 0 Å². The minimum absolute atomic E-state index is 0.192. The third-order valence-electron chi connectivity index (χ3n) is 4.79. The second-order valence-electron chi connectivity index (χ2n) is 7.34. The molecule has 0 aliphatic carbocycles. The van der Waals surface area contributed by atoms with Gasteiger partial charge in [-0.3, -0.25) is 4.79 Å². The SMILES string of the molecule is COC(=O)c1ccc(C(=O)NCc2ccccc2-c2ccc(CN(C)C)cc2)cc1. The number of benzene rings is 3. The highest BCUT2D eigenvalue weighted by Gasteiger charge is 2.10. The van der Waals surface area contributed by atoms with E-state index in [1.807, 2.05) is 18.2 Å². The smallest absolute Gasteiger partial charge is 0.337 e. The molecular weight excluding hydrogens is 376 g/mol. The summed E-state index contributed by atoms with van der Waals surface area (Å²) in [6.07, 6.45) is 0. The molecule has 3 aromatic carbocycles. The van der Waals surface area contributed by atoms with Gasteiger partial charge in [0.05, 0.1) is 12.7 Å². The van der Waals surface area contributed by atoms with E-state index in [1.54, 1.807) is 24.3 Å². The van der Waals surface area contributed by atoms with Gasteiger partial charge in [0, 0.05) is 18.7 Å². The molecule has 0 saturated heterocycles. The van der Waals surface area contributed by atoms with E-state index in [4.69, 9.17) is 0 Å². The summed E-state index contributed by atoms with van der Waals surface area (Å²) in [4.78, 5) is 26.2. The normalized spacial score (nSPS) is 10.7. The molecule has 0 heterocycles. The topological polar surface area (TPSA) is 58.6 Å². The quantitative estimate of drug-likeness (QED) is 0.604. The molecule has 0 saturated carbocycles. The molecule has 0 fully saturated rings. The molecule has 0 aliphatic heterocycles. The number of nitrogens with zero attached hydrogens (tertiary/aromatic N) is 1. The first-order valence-electron chi connectivity index (χ1n) is 9.76. The highest BCUT2D eigenvalue weighted by molar-refractivity contribution is 5.96. The highest BCUT2D eigenvalue weighted by Crippen LogP contribution is 2.24. The van der Waals surface area contributed by atoms with Crippen molar-refractivity contribution < 1.29 is 14.3 Å². The molecule has 0 atom stereocenters. The minimum Gasteiger partial charge on any atom is -0.465 e. The van der Waals surface area contributed by atoms with Crippen LogP contribution in [0.5, 0.6) is 0 Å². The largest absolute Gasteiger partial charge is 0.465 e. The van der Waals surface area contributed by atoms with E-state index in [2.05, 4.69) is 59.4 Å². The van der Waals surface area contributed by atoms with Crippen molar-refractivity contribution in [3.05, 3.63) is 95.1 Å². The van der Waals surface area contributed by atoms with Crippen molar-refractivity contribution in [1.82, 2.24) is 10.2 Å². The zero-order valence-electron chi connectivity index (χ0n) is 17.5. The summed E-state index contributed by atoms with van der Waals surface area (Å²) >= 11 is 0. The number of hydrogen-bond donors (Lipinski definition) is 1. The first-order chi connectivity index (χ1) is 14.5. The van der Waals surface area contributed by atoms with Crippen LogP contribution in [0.25, 0.3) is 11.1 Å². The number of methoxy groups -OCH3 is 1. The summed E-state index contributed by atoms with van der Waals surface area (Å²) in [7, 11) is 5.43. The third kappa shape index (κ3) is 5.33. The maximum absolute atomic E-state index is 12.5. The highest BCUT2D eigenvalue weighted by atomic mass is 16.5. The zero-order valence-corrected chi connectivity index (χ0v) is 17.5. The van der Waals surface area contributed by atoms with E-state index in [-0.39, 0.29) is 5.91 Å². The van der Waals surface area contributed by atoms with Crippen LogP contribution >= 0.6 is 0 Å². The lowest BCUT2D eigenvalue weighted by atomic mass is 9.98. The van der Waals surface area contributed by atoms with Gasteiger partial charge in [-0.25, -0.2) is 4.79 Å². The molecule has 1 amide bonds. The van der Waals surface area contributed by atoms with Gasteiger partial charge in [-0.1, -0.05) is 48.5 Å². The number of rotatable bonds is 7. The molecular formula is C25H26N2O3. The van der Waals surface area contributed by atoms with Crippen molar-refractivity contribution in [2.75, 3.05) is 21.2 Å². The Bertz CT molecular complexity index is 1010. The van der Waals surface area contributed by atoms with Gasteiger partial charge in [-0.2, -0.15) is 0 Å². The van der Waals surface area contributed by atoms with E-state index in [9.17, 15) is 9.59 Å². The fourth-order valence-electron chi connectivity index (χ4n) is 3.26. The maximum Gasteiger partial charge on any atom is 0.337 e. The lowest BCUT2D eigenvalue weighted by Gasteiger charge is -2.13. The maximum atomic E-state index is 12.5. The number of esters is 1. The van der Waals surface area contributed by atoms with E-state index in [1.165, 1.54) is 12.7 Å². The molecule has 0 aliphatic rings. The summed E-state index contributed by atoms with van der Waals surface area (Å²) < 4.78 is 4.68. The fourth-order valence-corrected chi connectivity index (χ4v) is 3.26. The first kappa shape index (κ1) is 21.3. The van der Waals surface area contributed by atoms with Crippen LogP contribution in [0.3, 0.4) is 0 Å². The van der Waals surface area contributed by atoms with Gasteiger partial charge in [-0.05, 0) is 60.6 Å². The lowest BCUT2D eigenvalue weighted by molar-refractivity contribution is 0.0600. The van der Waals surface area contributed by atoms with Crippen LogP contribution in [0.15, 0.2) is 72.8 Å². The Morgan fingerprint density at radius 3 is 2.13 bits per heavy atom. The average molecular weight is 402 g/mol. The zero-order chi connectivity index (χ0) is 21.5. The summed E-state index contributed by atoms with van der Waals surface area (Å²) in [5.74, 6) is -0.616. The molecule has 5 nitrogen and oxygen atoms in total. The predicted octanol–water partition coefficient (Wildman–Crippen LogP) is 4.13. The van der Waals surface area contributed by atoms with Crippen LogP contribution in [0.1, 0.15) is 31.8 Å². The van der Waals surface area contributed by atoms with Crippen molar-refractivity contribution in [2.24, 2.45) is 0 Å². The van der Waals surface area contributed by atoms with Gasteiger partial charge in [0.25, 0.3) is 5.91 Å². The Hall–Kier alpha value is -3.44. The van der Waals surface area contributed by atoms with Crippen LogP contribution in [0, 0.1) is 0 Å². The third-order valence-corrected chi connectivity index (χ3v) is 4.79. The number of hydrogen-bond acceptors (Lipinski definition) is 4. The van der Waals surface area contributed by atoms with E-state index in [0.717, 1.165) is 23.2 Å². The van der Waals surface area contributed by atoms with Crippen LogP contribution in [-0.2, 0) is 17.8 Å². The van der Waals surface area contributed by atoms with Crippen LogP contribution in [0.2, 0.25) is 0 Å². The Morgan fingerprint density at radius 1 is 0.867 bits per heavy atom. The minimum atomic E-state index is -0.424. The van der Waals surface area contributed by atoms with Crippen molar-refractivity contribution >= 4 is 11.9 Å². The molecule has 1 N–H and O–H groups in total. The second kappa shape index (κ2) is 9.85. The lowest BCUT2D eigenvalue weighted by Crippen LogP contribution is -2.23. The number of carbonyl (C=O) groups excluding carboxylic acids is 2. The van der Waals surface area contributed by atoms with Gasteiger partial charge in [-0.15, -0.1) is 0 Å². The standard InChI is InChI=1S/C25H26N2O3/c1-27(2)17-18-8-10-19(11-9-18)23-7-5-4-6-22(23)16-26-24(28)20-12-14-21(15-13-20)25(29)30-3/h4-15H,16-17H2,1-3H3,(H,26,28). The number of ether oxygens (including phenoxy) is 1. The molecule has 5 heteroatoms. The van der Waals surface area contributed by atoms with Gasteiger partial charge >= 0.3 is 5.97 Å². The fraction of sp³-hybridized carbons (Fsp3) is 0.200. The van der Waals surface area contributed by atoms with E-state index < -0.39 is 5.97 Å². The van der Waals surface area contributed by atoms with Crippen molar-refractivity contribution in [2.45, 2.75) is 13.1 Å². The molecule has 0 radical (unpaired) electrons. The monoisotopic (exact) mass is 402 g/mol. The molecule has 0 spiro atoms. The van der Waals surface area contributed by atoms with Crippen molar-refractivity contribution in [3.63, 3.8) is 0 Å². The summed E-state index contributed by atoms with van der Waals surface area (Å²) in [6.45, 7) is 1.31. The van der Waals surface area contributed by atoms with Crippen LogP contribution in [-0.4, -0.2) is 38.0 Å². The van der Waals surface area contributed by atoms with Crippen LogP contribution in [0.4, 0.5) is 0 Å². The van der Waals surface area contributed by atoms with Gasteiger partial charge < -0.3 is 15.0 Å². The van der Waals surface area contributed by atoms with E-state index >= 15 is 0 Å². The van der Waals surface area contributed by atoms with Crippen LogP contribution < -0.4 is 5.32 Å². The first-order valence-corrected chi connectivity index (χ1v) is 9.76. The Kier molecular flexibility index (Phi) is 6.99. The molecule has 3 rings (SSSR count). The molecule has 154 valence electrons.